The Balaban J connectivity index is 2.49. The Morgan fingerprint density at radius 3 is 2.42 bits per heavy atom. The normalized spacial score (nSPS) is 16.3. The molecule has 1 heterocycles. The summed E-state index contributed by atoms with van der Waals surface area (Å²) in [6, 6.07) is 6.30. The third-order valence-electron chi connectivity index (χ3n) is 2.71. The first-order valence-corrected chi connectivity index (χ1v) is 9.18. The first-order chi connectivity index (χ1) is 8.71. The molecule has 6 nitrogen and oxygen atoms in total. The number of anilines is 1. The highest BCUT2D eigenvalue weighted by Crippen LogP contribution is 2.29. The van der Waals surface area contributed by atoms with Gasteiger partial charge < -0.3 is 0 Å². The molecule has 0 fully saturated rings. The lowest BCUT2D eigenvalue weighted by atomic mass is 10.0. The highest BCUT2D eigenvalue weighted by molar-refractivity contribution is 8.08. The molecule has 0 unspecified atom stereocenters. The van der Waals surface area contributed by atoms with Crippen LogP contribution in [0.15, 0.2) is 24.3 Å². The zero-order chi connectivity index (χ0) is 14.3. The molecule has 0 saturated heterocycles. The molecule has 8 heteroatoms. The van der Waals surface area contributed by atoms with E-state index in [1.807, 2.05) is 0 Å². The number of nitrogens with zero attached hydrogens (tertiary/aromatic N) is 1. The summed E-state index contributed by atoms with van der Waals surface area (Å²) in [6.45, 7) is -0.0201. The van der Waals surface area contributed by atoms with E-state index in [0.29, 0.717) is 5.56 Å². The first-order valence-electron chi connectivity index (χ1n) is 5.51. The van der Waals surface area contributed by atoms with Gasteiger partial charge in [0.2, 0.25) is 10.0 Å². The highest BCUT2D eigenvalue weighted by atomic mass is 32.3. The molecule has 0 spiro atoms. The Morgan fingerprint density at radius 1 is 1.16 bits per heavy atom. The molecule has 19 heavy (non-hydrogen) atoms. The number of Topliss-reactive ketones (excluding diaryl/α,β-unsaturated/α-hetero) is 1. The quantitative estimate of drug-likeness (QED) is 0.807. The van der Waals surface area contributed by atoms with Crippen LogP contribution < -0.4 is 4.31 Å². The van der Waals surface area contributed by atoms with Gasteiger partial charge in [-0.2, -0.15) is 0 Å². The Labute approximate surface area is 112 Å². The first kappa shape index (κ1) is 14.0. The average molecular weight is 303 g/mol. The predicted octanol–water partition coefficient (Wildman–Crippen LogP) is 0.411. The number of sulfone groups is 1. The minimum atomic E-state index is -3.98. The van der Waals surface area contributed by atoms with Crippen LogP contribution in [0, 0.1) is 0 Å². The molecule has 0 aliphatic carbocycles. The van der Waals surface area contributed by atoms with Crippen LogP contribution >= 0.6 is 0 Å². The number of sulfonamides is 1. The van der Waals surface area contributed by atoms with Gasteiger partial charge in [-0.1, -0.05) is 12.1 Å². The summed E-state index contributed by atoms with van der Waals surface area (Å²) >= 11 is 0. The largest absolute Gasteiger partial charge is 0.294 e. The van der Waals surface area contributed by atoms with Crippen molar-refractivity contribution in [3.8, 4) is 0 Å². The van der Waals surface area contributed by atoms with E-state index in [4.69, 9.17) is 0 Å². The third-order valence-corrected chi connectivity index (χ3v) is 6.67. The van der Waals surface area contributed by atoms with Crippen LogP contribution in [0.3, 0.4) is 0 Å². The molecular weight excluding hydrogens is 290 g/mol. The van der Waals surface area contributed by atoms with Gasteiger partial charge in [0.15, 0.2) is 20.7 Å². The Bertz CT molecular complexity index is 721. The highest BCUT2D eigenvalue weighted by Gasteiger charge is 2.32. The van der Waals surface area contributed by atoms with Crippen molar-refractivity contribution in [1.82, 2.24) is 0 Å². The number of hydrogen-bond acceptors (Lipinski definition) is 5. The van der Waals surface area contributed by atoms with Crippen molar-refractivity contribution in [2.45, 2.75) is 6.42 Å². The van der Waals surface area contributed by atoms with Crippen LogP contribution in [-0.4, -0.2) is 40.5 Å². The maximum absolute atomic E-state index is 12.1. The minimum Gasteiger partial charge on any atom is -0.294 e. The lowest BCUT2D eigenvalue weighted by Crippen LogP contribution is -2.40. The van der Waals surface area contributed by atoms with E-state index in [0.717, 1.165) is 10.6 Å². The lowest BCUT2D eigenvalue weighted by Gasteiger charge is -2.29. The van der Waals surface area contributed by atoms with Crippen LogP contribution in [0.4, 0.5) is 5.69 Å². The van der Waals surface area contributed by atoms with Crippen LogP contribution in [0.25, 0.3) is 0 Å². The van der Waals surface area contributed by atoms with Gasteiger partial charge in [0.05, 0.1) is 5.69 Å². The average Bonchev–Trinajstić information content (AvgIpc) is 2.26. The molecule has 0 radical (unpaired) electrons. The molecule has 0 N–H and O–H groups in total. The number of ketones is 1. The number of carbonyl (C=O) groups is 1. The topological polar surface area (TPSA) is 88.6 Å². The van der Waals surface area contributed by atoms with Gasteiger partial charge in [0.1, 0.15) is 0 Å². The monoisotopic (exact) mass is 303 g/mol. The molecule has 0 bridgehead atoms. The number of para-hydroxylation sites is 1. The predicted molar refractivity (Wildman–Crippen MR) is 71.4 cm³/mol. The summed E-state index contributed by atoms with van der Waals surface area (Å²) in [4.78, 5) is 11.7. The van der Waals surface area contributed by atoms with Gasteiger partial charge in [-0.3, -0.25) is 9.10 Å². The van der Waals surface area contributed by atoms with E-state index >= 15 is 0 Å². The number of rotatable bonds is 3. The maximum atomic E-state index is 12.1. The van der Waals surface area contributed by atoms with E-state index < -0.39 is 24.9 Å². The van der Waals surface area contributed by atoms with Gasteiger partial charge >= 0.3 is 0 Å². The summed E-state index contributed by atoms with van der Waals surface area (Å²) in [6.07, 6.45) is 0.922. The molecule has 0 amide bonds. The smallest absolute Gasteiger partial charge is 0.249 e. The van der Waals surface area contributed by atoms with Crippen molar-refractivity contribution in [2.24, 2.45) is 0 Å². The Kier molecular flexibility index (Phi) is 3.40. The van der Waals surface area contributed by atoms with Gasteiger partial charge in [-0.25, -0.2) is 16.8 Å². The zero-order valence-electron chi connectivity index (χ0n) is 10.2. The maximum Gasteiger partial charge on any atom is 0.249 e. The third kappa shape index (κ3) is 2.95. The fourth-order valence-electron chi connectivity index (χ4n) is 2.01. The van der Waals surface area contributed by atoms with Crippen molar-refractivity contribution in [1.29, 1.82) is 0 Å². The fraction of sp³-hybridized carbons (Fsp3) is 0.364. The molecule has 1 aromatic rings. The molecule has 1 aliphatic rings. The number of carbonyl (C=O) groups excluding carboxylic acids is 1. The second kappa shape index (κ2) is 4.61. The van der Waals surface area contributed by atoms with Crippen molar-refractivity contribution in [2.75, 3.05) is 22.2 Å². The second-order valence-electron chi connectivity index (χ2n) is 4.42. The van der Waals surface area contributed by atoms with Crippen LogP contribution in [-0.2, 0) is 19.9 Å². The molecule has 0 saturated carbocycles. The summed E-state index contributed by atoms with van der Waals surface area (Å²) in [5, 5.41) is -0.956. The van der Waals surface area contributed by atoms with E-state index in [1.54, 1.807) is 18.2 Å². The molecule has 0 aromatic heterocycles. The summed E-state index contributed by atoms with van der Waals surface area (Å²) in [5.74, 6) is -0.138. The Morgan fingerprint density at radius 2 is 1.79 bits per heavy atom. The molecular formula is C11H13NO5S2. The van der Waals surface area contributed by atoms with Crippen molar-refractivity contribution in [3.05, 3.63) is 29.8 Å². The minimum absolute atomic E-state index is 0.0201. The molecule has 104 valence electrons. The van der Waals surface area contributed by atoms with Crippen molar-refractivity contribution < 1.29 is 21.6 Å². The number of hydrogen-bond donors (Lipinski definition) is 0. The summed E-state index contributed by atoms with van der Waals surface area (Å²) < 4.78 is 47.6. The molecule has 1 aliphatic heterocycles. The lowest BCUT2D eigenvalue weighted by molar-refractivity contribution is 0.0982. The molecule has 2 rings (SSSR count). The van der Waals surface area contributed by atoms with Crippen molar-refractivity contribution in [3.63, 3.8) is 0 Å². The summed E-state index contributed by atoms with van der Waals surface area (Å²) in [7, 11) is -7.65. The molecule has 1 aromatic carbocycles. The molecule has 0 atom stereocenters. The van der Waals surface area contributed by atoms with Gasteiger partial charge in [0.25, 0.3) is 0 Å². The SMILES string of the molecule is CS(=O)(=O)CS(=O)(=O)N1CCC(=O)c2ccccc21. The zero-order valence-corrected chi connectivity index (χ0v) is 11.9. The van der Waals surface area contributed by atoms with Crippen molar-refractivity contribution >= 4 is 31.3 Å². The standard InChI is InChI=1S/C11H13NO5S2/c1-18(14,15)8-19(16,17)12-7-6-11(13)9-4-2-3-5-10(9)12/h2-5H,6-8H2,1H3. The fourth-order valence-corrected chi connectivity index (χ4v) is 5.51. The van der Waals surface area contributed by atoms with Gasteiger partial charge in [-0.15, -0.1) is 0 Å². The van der Waals surface area contributed by atoms with E-state index in [9.17, 15) is 21.6 Å². The van der Waals surface area contributed by atoms with Gasteiger partial charge in [-0.05, 0) is 12.1 Å². The van der Waals surface area contributed by atoms with Gasteiger partial charge in [0, 0.05) is 24.8 Å². The second-order valence-corrected chi connectivity index (χ2v) is 8.82. The number of benzene rings is 1. The van der Waals surface area contributed by atoms with E-state index in [2.05, 4.69) is 0 Å². The van der Waals surface area contributed by atoms with Crippen LogP contribution in [0.5, 0.6) is 0 Å². The summed E-state index contributed by atoms with van der Waals surface area (Å²) in [5.41, 5.74) is 0.563. The van der Waals surface area contributed by atoms with E-state index in [1.165, 1.54) is 6.07 Å². The van der Waals surface area contributed by atoms with Crippen LogP contribution in [0.2, 0.25) is 0 Å². The van der Waals surface area contributed by atoms with E-state index in [-0.39, 0.29) is 24.4 Å². The number of fused-ring (bicyclic) bond motifs is 1. The van der Waals surface area contributed by atoms with Crippen LogP contribution in [0.1, 0.15) is 16.8 Å². The Hall–Kier alpha value is -1.41.